The van der Waals surface area contributed by atoms with Gasteiger partial charge in [-0.3, -0.25) is 0 Å². The number of benzene rings is 1. The summed E-state index contributed by atoms with van der Waals surface area (Å²) in [6.07, 6.45) is 0.895. The highest BCUT2D eigenvalue weighted by atomic mass is 35.5. The van der Waals surface area contributed by atoms with Gasteiger partial charge in [0.1, 0.15) is 0 Å². The van der Waals surface area contributed by atoms with Crippen LogP contribution in [0.2, 0.25) is 10.0 Å². The minimum Gasteiger partial charge on any atom is -0.382 e. The van der Waals surface area contributed by atoms with Crippen LogP contribution in [0.1, 0.15) is 13.3 Å². The molecule has 6 heteroatoms. The minimum atomic E-state index is 0.501. The lowest BCUT2D eigenvalue weighted by molar-refractivity contribution is 0.146. The molecule has 0 aliphatic heterocycles. The van der Waals surface area contributed by atoms with Crippen molar-refractivity contribution in [2.45, 2.75) is 13.3 Å². The van der Waals surface area contributed by atoms with E-state index in [-0.39, 0.29) is 0 Å². The van der Waals surface area contributed by atoms with Gasteiger partial charge in [-0.1, -0.05) is 29.3 Å². The Kier molecular flexibility index (Phi) is 7.35. The molecule has 0 atom stereocenters. The first-order valence-electron chi connectivity index (χ1n) is 5.71. The van der Waals surface area contributed by atoms with Crippen molar-refractivity contribution in [2.75, 3.05) is 25.1 Å². The molecule has 100 valence electrons. The molecule has 0 aliphatic rings. The number of rotatable bonds is 6. The lowest BCUT2D eigenvalue weighted by Crippen LogP contribution is -2.30. The SMILES string of the molecule is CCOCCCNC(=S)Nc1c(Cl)cccc1Cl. The van der Waals surface area contributed by atoms with Crippen LogP contribution in [0.3, 0.4) is 0 Å². The van der Waals surface area contributed by atoms with Gasteiger partial charge >= 0.3 is 0 Å². The summed E-state index contributed by atoms with van der Waals surface area (Å²) >= 11 is 17.2. The van der Waals surface area contributed by atoms with Crippen molar-refractivity contribution < 1.29 is 4.74 Å². The minimum absolute atomic E-state index is 0.501. The van der Waals surface area contributed by atoms with Crippen LogP contribution in [-0.4, -0.2) is 24.9 Å². The maximum Gasteiger partial charge on any atom is 0.170 e. The molecule has 0 aliphatic carbocycles. The fraction of sp³-hybridized carbons (Fsp3) is 0.417. The lowest BCUT2D eigenvalue weighted by atomic mass is 10.3. The van der Waals surface area contributed by atoms with Gasteiger partial charge in [0.25, 0.3) is 0 Å². The third-order valence-corrected chi connectivity index (χ3v) is 3.03. The Morgan fingerprint density at radius 2 is 2.00 bits per heavy atom. The summed E-state index contributed by atoms with van der Waals surface area (Å²) in [7, 11) is 0. The molecule has 0 bridgehead atoms. The van der Waals surface area contributed by atoms with E-state index in [9.17, 15) is 0 Å². The van der Waals surface area contributed by atoms with Gasteiger partial charge in [0.15, 0.2) is 5.11 Å². The van der Waals surface area contributed by atoms with Gasteiger partial charge in [0, 0.05) is 19.8 Å². The zero-order valence-electron chi connectivity index (χ0n) is 10.1. The highest BCUT2D eigenvalue weighted by Gasteiger charge is 2.06. The smallest absolute Gasteiger partial charge is 0.170 e. The fourth-order valence-corrected chi connectivity index (χ4v) is 1.99. The zero-order chi connectivity index (χ0) is 13.4. The van der Waals surface area contributed by atoms with Crippen molar-refractivity contribution in [1.29, 1.82) is 0 Å². The van der Waals surface area contributed by atoms with Crippen molar-refractivity contribution in [1.82, 2.24) is 5.32 Å². The maximum atomic E-state index is 6.02. The molecule has 0 saturated carbocycles. The summed E-state index contributed by atoms with van der Waals surface area (Å²) in [5, 5.41) is 7.64. The highest BCUT2D eigenvalue weighted by Crippen LogP contribution is 2.29. The normalized spacial score (nSPS) is 10.2. The topological polar surface area (TPSA) is 33.3 Å². The van der Waals surface area contributed by atoms with E-state index >= 15 is 0 Å². The van der Waals surface area contributed by atoms with Crippen molar-refractivity contribution >= 4 is 46.2 Å². The molecule has 0 saturated heterocycles. The van der Waals surface area contributed by atoms with Crippen LogP contribution in [0.25, 0.3) is 0 Å². The van der Waals surface area contributed by atoms with E-state index in [1.165, 1.54) is 0 Å². The maximum absolute atomic E-state index is 6.02. The molecule has 18 heavy (non-hydrogen) atoms. The second kappa shape index (κ2) is 8.53. The Hall–Kier alpha value is -0.550. The van der Waals surface area contributed by atoms with Gasteiger partial charge in [-0.15, -0.1) is 0 Å². The van der Waals surface area contributed by atoms with Crippen LogP contribution in [0.4, 0.5) is 5.69 Å². The number of thiocarbonyl (C=S) groups is 1. The molecule has 0 aromatic heterocycles. The predicted molar refractivity (Wildman–Crippen MR) is 81.8 cm³/mol. The van der Waals surface area contributed by atoms with Crippen molar-refractivity contribution in [3.63, 3.8) is 0 Å². The average Bonchev–Trinajstić information content (AvgIpc) is 2.34. The second-order valence-electron chi connectivity index (χ2n) is 3.53. The van der Waals surface area contributed by atoms with Crippen LogP contribution >= 0.6 is 35.4 Å². The number of halogens is 2. The summed E-state index contributed by atoms with van der Waals surface area (Å²) in [5.74, 6) is 0. The Morgan fingerprint density at radius 1 is 1.33 bits per heavy atom. The summed E-state index contributed by atoms with van der Waals surface area (Å²) in [6, 6.07) is 5.30. The Morgan fingerprint density at radius 3 is 2.61 bits per heavy atom. The van der Waals surface area contributed by atoms with Gasteiger partial charge in [-0.05, 0) is 37.7 Å². The third-order valence-electron chi connectivity index (χ3n) is 2.16. The van der Waals surface area contributed by atoms with Crippen LogP contribution in [-0.2, 0) is 4.74 Å². The number of hydrogen-bond donors (Lipinski definition) is 2. The summed E-state index contributed by atoms with van der Waals surface area (Å²) in [5.41, 5.74) is 0.628. The van der Waals surface area contributed by atoms with Crippen LogP contribution in [0, 0.1) is 0 Å². The van der Waals surface area contributed by atoms with E-state index in [4.69, 9.17) is 40.2 Å². The Labute approximate surface area is 123 Å². The van der Waals surface area contributed by atoms with Crippen molar-refractivity contribution in [2.24, 2.45) is 0 Å². The summed E-state index contributed by atoms with van der Waals surface area (Å²) < 4.78 is 5.23. The second-order valence-corrected chi connectivity index (χ2v) is 4.75. The molecular formula is C12H16Cl2N2OS. The molecule has 0 spiro atoms. The van der Waals surface area contributed by atoms with Crippen LogP contribution in [0.15, 0.2) is 18.2 Å². The molecule has 3 nitrogen and oxygen atoms in total. The lowest BCUT2D eigenvalue weighted by Gasteiger charge is -2.12. The third kappa shape index (κ3) is 5.40. The van der Waals surface area contributed by atoms with Crippen molar-refractivity contribution in [3.05, 3.63) is 28.2 Å². The molecule has 0 radical (unpaired) electrons. The van der Waals surface area contributed by atoms with E-state index in [0.29, 0.717) is 20.8 Å². The first kappa shape index (κ1) is 15.5. The van der Waals surface area contributed by atoms with Gasteiger partial charge in [-0.2, -0.15) is 0 Å². The molecule has 0 fully saturated rings. The number of ether oxygens (including phenoxy) is 1. The number of para-hydroxylation sites is 1. The molecule has 1 rings (SSSR count). The Bertz CT molecular complexity index is 381. The van der Waals surface area contributed by atoms with E-state index in [0.717, 1.165) is 26.2 Å². The van der Waals surface area contributed by atoms with Gasteiger partial charge < -0.3 is 15.4 Å². The fourth-order valence-electron chi connectivity index (χ4n) is 1.30. The first-order chi connectivity index (χ1) is 8.65. The molecule has 0 amide bonds. The van der Waals surface area contributed by atoms with E-state index in [2.05, 4.69) is 10.6 Å². The number of nitrogens with one attached hydrogen (secondary N) is 2. The van der Waals surface area contributed by atoms with Gasteiger partial charge in [0.2, 0.25) is 0 Å². The Balaban J connectivity index is 2.36. The molecule has 0 unspecified atom stereocenters. The molecular weight excluding hydrogens is 291 g/mol. The molecule has 2 N–H and O–H groups in total. The first-order valence-corrected chi connectivity index (χ1v) is 6.88. The zero-order valence-corrected chi connectivity index (χ0v) is 12.5. The standard InChI is InChI=1S/C12H16Cl2N2OS/c1-2-17-8-4-7-15-12(18)16-11-9(13)5-3-6-10(11)14/h3,5-6H,2,4,7-8H2,1H3,(H2,15,16,18). The van der Waals surface area contributed by atoms with E-state index in [1.54, 1.807) is 18.2 Å². The summed E-state index contributed by atoms with van der Waals surface area (Å²) in [4.78, 5) is 0. The van der Waals surface area contributed by atoms with Gasteiger partial charge in [0.05, 0.1) is 15.7 Å². The molecule has 1 aromatic rings. The molecule has 1 aromatic carbocycles. The van der Waals surface area contributed by atoms with Crippen molar-refractivity contribution in [3.8, 4) is 0 Å². The van der Waals surface area contributed by atoms with Gasteiger partial charge in [-0.25, -0.2) is 0 Å². The largest absolute Gasteiger partial charge is 0.382 e. The summed E-state index contributed by atoms with van der Waals surface area (Å²) in [6.45, 7) is 4.17. The predicted octanol–water partition coefficient (Wildman–Crippen LogP) is 3.71. The molecule has 0 heterocycles. The van der Waals surface area contributed by atoms with E-state index in [1.807, 2.05) is 6.92 Å². The number of hydrogen-bond acceptors (Lipinski definition) is 2. The average molecular weight is 307 g/mol. The quantitative estimate of drug-likeness (QED) is 0.620. The number of anilines is 1. The van der Waals surface area contributed by atoms with E-state index < -0.39 is 0 Å². The monoisotopic (exact) mass is 306 g/mol. The van der Waals surface area contributed by atoms with Crippen LogP contribution < -0.4 is 10.6 Å². The highest BCUT2D eigenvalue weighted by molar-refractivity contribution is 7.80. The van der Waals surface area contributed by atoms with Crippen LogP contribution in [0.5, 0.6) is 0 Å².